The number of carbonyl (C=O) groups excluding carboxylic acids is 1. The molecule has 0 radical (unpaired) electrons. The standard InChI is InChI=1S/C17H18ClN3O/c18-15-5-3-11(4-6-15)13-7-14(9-20-8-13)17(22)21-10-16(19)12-1-2-12/h3-9,12,16H,1-2,10,19H2,(H,21,22). The molecule has 1 aromatic carbocycles. The number of carbonyl (C=O) groups is 1. The summed E-state index contributed by atoms with van der Waals surface area (Å²) < 4.78 is 0. The predicted molar refractivity (Wildman–Crippen MR) is 87.7 cm³/mol. The van der Waals surface area contributed by atoms with Crippen LogP contribution in [-0.2, 0) is 0 Å². The van der Waals surface area contributed by atoms with Gasteiger partial charge in [0, 0.05) is 35.6 Å². The molecule has 5 heteroatoms. The summed E-state index contributed by atoms with van der Waals surface area (Å²) in [5, 5.41) is 3.56. The predicted octanol–water partition coefficient (Wildman–Crippen LogP) is 2.87. The van der Waals surface area contributed by atoms with E-state index in [0.29, 0.717) is 23.0 Å². The molecule has 1 aliphatic rings. The molecule has 3 rings (SSSR count). The van der Waals surface area contributed by atoms with Crippen LogP contribution in [0.4, 0.5) is 0 Å². The van der Waals surface area contributed by atoms with Crippen molar-refractivity contribution >= 4 is 17.5 Å². The van der Waals surface area contributed by atoms with Crippen LogP contribution in [0.3, 0.4) is 0 Å². The molecule has 4 nitrogen and oxygen atoms in total. The van der Waals surface area contributed by atoms with Crippen molar-refractivity contribution in [2.45, 2.75) is 18.9 Å². The maximum absolute atomic E-state index is 12.2. The minimum Gasteiger partial charge on any atom is -0.350 e. The highest BCUT2D eigenvalue weighted by atomic mass is 35.5. The van der Waals surface area contributed by atoms with Gasteiger partial charge >= 0.3 is 0 Å². The van der Waals surface area contributed by atoms with E-state index in [1.165, 1.54) is 12.8 Å². The minimum absolute atomic E-state index is 0.0522. The Kier molecular flexibility index (Phi) is 4.41. The van der Waals surface area contributed by atoms with Crippen LogP contribution in [0, 0.1) is 5.92 Å². The zero-order chi connectivity index (χ0) is 15.5. The summed E-state index contributed by atoms with van der Waals surface area (Å²) in [6.07, 6.45) is 5.64. The average molecular weight is 316 g/mol. The van der Waals surface area contributed by atoms with Crippen LogP contribution in [0.1, 0.15) is 23.2 Å². The van der Waals surface area contributed by atoms with E-state index < -0.39 is 0 Å². The lowest BCUT2D eigenvalue weighted by Crippen LogP contribution is -2.38. The number of nitrogens with two attached hydrogens (primary N) is 1. The first kappa shape index (κ1) is 15.0. The number of rotatable bonds is 5. The third-order valence-electron chi connectivity index (χ3n) is 3.90. The van der Waals surface area contributed by atoms with E-state index in [9.17, 15) is 4.79 Å². The fourth-order valence-corrected chi connectivity index (χ4v) is 2.49. The SMILES string of the molecule is NC(CNC(=O)c1cncc(-c2ccc(Cl)cc2)c1)C1CC1. The summed E-state index contributed by atoms with van der Waals surface area (Å²) >= 11 is 5.89. The fraction of sp³-hybridized carbons (Fsp3) is 0.294. The van der Waals surface area contributed by atoms with E-state index >= 15 is 0 Å². The lowest BCUT2D eigenvalue weighted by molar-refractivity contribution is 0.0950. The third kappa shape index (κ3) is 3.64. The Morgan fingerprint density at radius 2 is 2.00 bits per heavy atom. The van der Waals surface area contributed by atoms with Crippen LogP contribution in [0.5, 0.6) is 0 Å². The molecule has 3 N–H and O–H groups in total. The third-order valence-corrected chi connectivity index (χ3v) is 4.16. The van der Waals surface area contributed by atoms with Gasteiger partial charge in [-0.3, -0.25) is 9.78 Å². The molecule has 1 saturated carbocycles. The van der Waals surface area contributed by atoms with Gasteiger partial charge in [-0.15, -0.1) is 0 Å². The van der Waals surface area contributed by atoms with Crippen molar-refractivity contribution in [3.8, 4) is 11.1 Å². The Bertz CT molecular complexity index is 668. The first-order valence-electron chi connectivity index (χ1n) is 7.38. The summed E-state index contributed by atoms with van der Waals surface area (Å²) in [5.74, 6) is 0.429. The average Bonchev–Trinajstić information content (AvgIpc) is 3.38. The maximum atomic E-state index is 12.2. The highest BCUT2D eigenvalue weighted by Gasteiger charge is 2.28. The van der Waals surface area contributed by atoms with E-state index in [1.807, 2.05) is 30.3 Å². The summed E-state index contributed by atoms with van der Waals surface area (Å²) in [6, 6.07) is 9.33. The van der Waals surface area contributed by atoms with E-state index in [0.717, 1.165) is 11.1 Å². The van der Waals surface area contributed by atoms with Crippen molar-refractivity contribution in [3.63, 3.8) is 0 Å². The van der Waals surface area contributed by atoms with Crippen LogP contribution < -0.4 is 11.1 Å². The highest BCUT2D eigenvalue weighted by Crippen LogP contribution is 2.31. The summed E-state index contributed by atoms with van der Waals surface area (Å²) in [6.45, 7) is 0.509. The Balaban J connectivity index is 1.69. The van der Waals surface area contributed by atoms with Crippen molar-refractivity contribution in [1.29, 1.82) is 0 Å². The van der Waals surface area contributed by atoms with Crippen LogP contribution >= 0.6 is 11.6 Å². The Hall–Kier alpha value is -1.91. The second kappa shape index (κ2) is 6.46. The molecular weight excluding hydrogens is 298 g/mol. The molecule has 22 heavy (non-hydrogen) atoms. The van der Waals surface area contributed by atoms with Crippen molar-refractivity contribution in [3.05, 3.63) is 53.3 Å². The summed E-state index contributed by atoms with van der Waals surface area (Å²) in [5.41, 5.74) is 8.39. The number of benzene rings is 1. The first-order chi connectivity index (χ1) is 10.6. The van der Waals surface area contributed by atoms with Gasteiger partial charge in [0.15, 0.2) is 0 Å². The Morgan fingerprint density at radius 1 is 1.27 bits per heavy atom. The topological polar surface area (TPSA) is 68.0 Å². The molecule has 1 fully saturated rings. The number of nitrogens with one attached hydrogen (secondary N) is 1. The lowest BCUT2D eigenvalue weighted by Gasteiger charge is -2.12. The summed E-state index contributed by atoms with van der Waals surface area (Å²) in [7, 11) is 0. The van der Waals surface area contributed by atoms with E-state index in [4.69, 9.17) is 17.3 Å². The van der Waals surface area contributed by atoms with Gasteiger partial charge in [0.25, 0.3) is 5.91 Å². The van der Waals surface area contributed by atoms with Gasteiger partial charge in [0.2, 0.25) is 0 Å². The van der Waals surface area contributed by atoms with Gasteiger partial charge in [-0.05, 0) is 42.5 Å². The normalized spacial score (nSPS) is 15.4. The molecule has 1 atom stereocenters. The zero-order valence-electron chi connectivity index (χ0n) is 12.1. The van der Waals surface area contributed by atoms with Crippen LogP contribution in [-0.4, -0.2) is 23.5 Å². The molecule has 1 heterocycles. The van der Waals surface area contributed by atoms with Gasteiger partial charge in [0.05, 0.1) is 5.56 Å². The number of aromatic nitrogens is 1. The van der Waals surface area contributed by atoms with Crippen molar-refractivity contribution in [2.75, 3.05) is 6.54 Å². The lowest BCUT2D eigenvalue weighted by atomic mass is 10.1. The fourth-order valence-electron chi connectivity index (χ4n) is 2.37. The van der Waals surface area contributed by atoms with Gasteiger partial charge in [-0.25, -0.2) is 0 Å². The van der Waals surface area contributed by atoms with E-state index in [-0.39, 0.29) is 11.9 Å². The van der Waals surface area contributed by atoms with Gasteiger partial charge in [-0.2, -0.15) is 0 Å². The molecule has 0 bridgehead atoms. The van der Waals surface area contributed by atoms with Gasteiger partial charge < -0.3 is 11.1 Å². The Morgan fingerprint density at radius 3 is 2.68 bits per heavy atom. The van der Waals surface area contributed by atoms with Crippen molar-refractivity contribution in [1.82, 2.24) is 10.3 Å². The van der Waals surface area contributed by atoms with E-state index in [2.05, 4.69) is 10.3 Å². The molecule has 2 aromatic rings. The largest absolute Gasteiger partial charge is 0.350 e. The minimum atomic E-state index is -0.139. The number of nitrogens with zero attached hydrogens (tertiary/aromatic N) is 1. The molecule has 0 aliphatic heterocycles. The first-order valence-corrected chi connectivity index (χ1v) is 7.76. The quantitative estimate of drug-likeness (QED) is 0.891. The number of hydrogen-bond acceptors (Lipinski definition) is 3. The molecule has 114 valence electrons. The molecule has 1 unspecified atom stereocenters. The second-order valence-corrected chi connectivity index (χ2v) is 6.12. The Labute approximate surface area is 134 Å². The van der Waals surface area contributed by atoms with Crippen LogP contribution in [0.2, 0.25) is 5.02 Å². The molecule has 0 spiro atoms. The van der Waals surface area contributed by atoms with E-state index in [1.54, 1.807) is 12.4 Å². The smallest absolute Gasteiger partial charge is 0.252 e. The number of hydrogen-bond donors (Lipinski definition) is 2. The number of halogens is 1. The van der Waals surface area contributed by atoms with Crippen molar-refractivity contribution < 1.29 is 4.79 Å². The highest BCUT2D eigenvalue weighted by molar-refractivity contribution is 6.30. The number of pyridine rings is 1. The second-order valence-electron chi connectivity index (χ2n) is 5.68. The monoisotopic (exact) mass is 315 g/mol. The molecular formula is C17H18ClN3O. The summed E-state index contributed by atoms with van der Waals surface area (Å²) in [4.78, 5) is 16.4. The van der Waals surface area contributed by atoms with Crippen LogP contribution in [0.25, 0.3) is 11.1 Å². The van der Waals surface area contributed by atoms with Crippen molar-refractivity contribution in [2.24, 2.45) is 11.7 Å². The molecule has 0 saturated heterocycles. The number of amides is 1. The van der Waals surface area contributed by atoms with Gasteiger partial charge in [0.1, 0.15) is 0 Å². The maximum Gasteiger partial charge on any atom is 0.252 e. The molecule has 1 amide bonds. The van der Waals surface area contributed by atoms with Crippen LogP contribution in [0.15, 0.2) is 42.7 Å². The zero-order valence-corrected chi connectivity index (χ0v) is 12.9. The molecule has 1 aliphatic carbocycles. The van der Waals surface area contributed by atoms with Gasteiger partial charge in [-0.1, -0.05) is 23.7 Å². The molecule has 1 aromatic heterocycles.